The third-order valence-electron chi connectivity index (χ3n) is 4.27. The molecule has 0 aromatic heterocycles. The fourth-order valence-electron chi connectivity index (χ4n) is 2.64. The topological polar surface area (TPSA) is 35.5 Å². The Morgan fingerprint density at radius 3 is 2.15 bits per heavy atom. The Labute approximate surface area is 123 Å². The van der Waals surface area contributed by atoms with Gasteiger partial charge in [0.1, 0.15) is 5.76 Å². The van der Waals surface area contributed by atoms with Crippen LogP contribution in [-0.4, -0.2) is 18.7 Å². The van der Waals surface area contributed by atoms with Crippen molar-refractivity contribution in [3.05, 3.63) is 12.3 Å². The molecule has 1 fully saturated rings. The van der Waals surface area contributed by atoms with Crippen molar-refractivity contribution in [2.45, 2.75) is 67.4 Å². The average Bonchev–Trinajstić information content (AvgIpc) is 2.60. The SMILES string of the molecule is C=C1OCCC1OC(=O)C(C)(CC(C)(C)C)C(C)(C)C. The van der Waals surface area contributed by atoms with Crippen molar-refractivity contribution in [1.29, 1.82) is 0 Å². The predicted molar refractivity (Wildman–Crippen MR) is 81.2 cm³/mol. The lowest BCUT2D eigenvalue weighted by atomic mass is 9.61. The molecule has 1 aliphatic rings. The van der Waals surface area contributed by atoms with E-state index in [0.717, 1.165) is 6.42 Å². The van der Waals surface area contributed by atoms with Crippen molar-refractivity contribution < 1.29 is 14.3 Å². The van der Waals surface area contributed by atoms with Crippen LogP contribution < -0.4 is 0 Å². The standard InChI is InChI=1S/C17H30O3/c1-12-13(9-10-19-12)20-14(18)17(8,16(5,6)7)11-15(2,3)4/h13H,1,9-11H2,2-8H3. The number of hydrogen-bond acceptors (Lipinski definition) is 3. The van der Waals surface area contributed by atoms with E-state index in [1.54, 1.807) is 0 Å². The van der Waals surface area contributed by atoms with Gasteiger partial charge in [-0.2, -0.15) is 0 Å². The highest BCUT2D eigenvalue weighted by Crippen LogP contribution is 2.47. The van der Waals surface area contributed by atoms with Crippen molar-refractivity contribution in [3.63, 3.8) is 0 Å². The van der Waals surface area contributed by atoms with Gasteiger partial charge in [-0.05, 0) is 24.2 Å². The Balaban J connectivity index is 2.93. The average molecular weight is 282 g/mol. The van der Waals surface area contributed by atoms with Gasteiger partial charge in [0.15, 0.2) is 6.10 Å². The monoisotopic (exact) mass is 282 g/mol. The zero-order valence-electron chi connectivity index (χ0n) is 14.1. The molecule has 0 bridgehead atoms. The van der Waals surface area contributed by atoms with Crippen LogP contribution >= 0.6 is 0 Å². The molecule has 0 N–H and O–H groups in total. The number of ether oxygens (including phenoxy) is 2. The summed E-state index contributed by atoms with van der Waals surface area (Å²) in [6, 6.07) is 0. The number of carbonyl (C=O) groups excluding carboxylic acids is 1. The third-order valence-corrected chi connectivity index (χ3v) is 4.27. The zero-order chi connectivity index (χ0) is 15.8. The van der Waals surface area contributed by atoms with Gasteiger partial charge in [-0.3, -0.25) is 4.79 Å². The van der Waals surface area contributed by atoms with Crippen LogP contribution in [0.1, 0.15) is 61.3 Å². The minimum atomic E-state index is -0.534. The minimum absolute atomic E-state index is 0.0598. The summed E-state index contributed by atoms with van der Waals surface area (Å²) in [7, 11) is 0. The number of hydrogen-bond donors (Lipinski definition) is 0. The van der Waals surface area contributed by atoms with E-state index in [1.807, 2.05) is 6.92 Å². The molecule has 2 atom stereocenters. The van der Waals surface area contributed by atoms with Crippen molar-refractivity contribution in [3.8, 4) is 0 Å². The van der Waals surface area contributed by atoms with Crippen LogP contribution in [0.4, 0.5) is 0 Å². The molecule has 3 heteroatoms. The van der Waals surface area contributed by atoms with Crippen molar-refractivity contribution in [2.75, 3.05) is 6.61 Å². The van der Waals surface area contributed by atoms with E-state index in [0.29, 0.717) is 18.8 Å². The van der Waals surface area contributed by atoms with Crippen molar-refractivity contribution in [2.24, 2.45) is 16.2 Å². The lowest BCUT2D eigenvalue weighted by Crippen LogP contribution is -2.45. The van der Waals surface area contributed by atoms with E-state index in [-0.39, 0.29) is 22.9 Å². The molecular weight excluding hydrogens is 252 g/mol. The first-order chi connectivity index (χ1) is 8.87. The molecule has 116 valence electrons. The molecule has 1 saturated heterocycles. The maximum absolute atomic E-state index is 12.8. The van der Waals surface area contributed by atoms with Gasteiger partial charge in [-0.25, -0.2) is 0 Å². The summed E-state index contributed by atoms with van der Waals surface area (Å²) >= 11 is 0. The van der Waals surface area contributed by atoms with E-state index < -0.39 is 5.41 Å². The van der Waals surface area contributed by atoms with Gasteiger partial charge < -0.3 is 9.47 Å². The second-order valence-corrected chi connectivity index (χ2v) is 8.32. The normalized spacial score (nSPS) is 23.1. The van der Waals surface area contributed by atoms with Crippen LogP contribution in [0.3, 0.4) is 0 Å². The summed E-state index contributed by atoms with van der Waals surface area (Å²) in [5.41, 5.74) is -0.642. The first-order valence-electron chi connectivity index (χ1n) is 7.39. The minimum Gasteiger partial charge on any atom is -0.494 e. The van der Waals surface area contributed by atoms with E-state index >= 15 is 0 Å². The van der Waals surface area contributed by atoms with Crippen molar-refractivity contribution in [1.82, 2.24) is 0 Å². The maximum Gasteiger partial charge on any atom is 0.313 e. The molecule has 0 amide bonds. The zero-order valence-corrected chi connectivity index (χ0v) is 14.1. The van der Waals surface area contributed by atoms with Gasteiger partial charge in [0.25, 0.3) is 0 Å². The quantitative estimate of drug-likeness (QED) is 0.723. The molecule has 1 rings (SSSR count). The van der Waals surface area contributed by atoms with Crippen LogP contribution in [0.15, 0.2) is 12.3 Å². The molecule has 2 unspecified atom stereocenters. The Bertz CT molecular complexity index is 384. The van der Waals surface area contributed by atoms with Gasteiger partial charge in [-0.1, -0.05) is 48.1 Å². The summed E-state index contributed by atoms with van der Waals surface area (Å²) in [6.45, 7) is 19.2. The summed E-state index contributed by atoms with van der Waals surface area (Å²) in [4.78, 5) is 12.8. The first-order valence-corrected chi connectivity index (χ1v) is 7.39. The number of carbonyl (C=O) groups is 1. The summed E-state index contributed by atoms with van der Waals surface area (Å²) in [5.74, 6) is 0.432. The predicted octanol–water partition coefficient (Wildman–Crippen LogP) is 4.32. The molecule has 0 aliphatic carbocycles. The second-order valence-electron chi connectivity index (χ2n) is 8.32. The van der Waals surface area contributed by atoms with E-state index in [9.17, 15) is 4.79 Å². The van der Waals surface area contributed by atoms with E-state index in [1.165, 1.54) is 0 Å². The van der Waals surface area contributed by atoms with Crippen LogP contribution in [0.2, 0.25) is 0 Å². The molecule has 3 nitrogen and oxygen atoms in total. The van der Waals surface area contributed by atoms with Gasteiger partial charge in [-0.15, -0.1) is 0 Å². The Morgan fingerprint density at radius 1 is 1.25 bits per heavy atom. The van der Waals surface area contributed by atoms with Crippen LogP contribution in [0.5, 0.6) is 0 Å². The fourth-order valence-corrected chi connectivity index (χ4v) is 2.64. The van der Waals surface area contributed by atoms with E-state index in [2.05, 4.69) is 48.1 Å². The Morgan fingerprint density at radius 2 is 1.80 bits per heavy atom. The lowest BCUT2D eigenvalue weighted by Gasteiger charge is -2.43. The van der Waals surface area contributed by atoms with Crippen LogP contribution in [0, 0.1) is 16.2 Å². The van der Waals surface area contributed by atoms with Crippen LogP contribution in [0.25, 0.3) is 0 Å². The fraction of sp³-hybridized carbons (Fsp3) is 0.824. The van der Waals surface area contributed by atoms with Gasteiger partial charge >= 0.3 is 5.97 Å². The molecule has 0 saturated carbocycles. The Kier molecular flexibility index (Phi) is 4.62. The molecule has 0 aromatic rings. The van der Waals surface area contributed by atoms with Gasteiger partial charge in [0, 0.05) is 6.42 Å². The third kappa shape index (κ3) is 3.77. The molecule has 0 aromatic carbocycles. The van der Waals surface area contributed by atoms with Gasteiger partial charge in [0.05, 0.1) is 12.0 Å². The van der Waals surface area contributed by atoms with Gasteiger partial charge in [0.2, 0.25) is 0 Å². The number of esters is 1. The highest BCUT2D eigenvalue weighted by molar-refractivity contribution is 5.77. The lowest BCUT2D eigenvalue weighted by molar-refractivity contribution is -0.168. The van der Waals surface area contributed by atoms with Crippen molar-refractivity contribution >= 4 is 5.97 Å². The molecule has 1 heterocycles. The Hall–Kier alpha value is -0.990. The molecule has 0 spiro atoms. The smallest absolute Gasteiger partial charge is 0.313 e. The molecule has 1 aliphatic heterocycles. The van der Waals surface area contributed by atoms with E-state index in [4.69, 9.17) is 9.47 Å². The summed E-state index contributed by atoms with van der Waals surface area (Å²) in [5, 5.41) is 0. The number of rotatable bonds is 3. The molecule has 0 radical (unpaired) electrons. The van der Waals surface area contributed by atoms with Crippen LogP contribution in [-0.2, 0) is 14.3 Å². The molecule has 20 heavy (non-hydrogen) atoms. The summed E-state index contributed by atoms with van der Waals surface area (Å²) < 4.78 is 11.0. The summed E-state index contributed by atoms with van der Waals surface area (Å²) in [6.07, 6.45) is 1.20. The maximum atomic E-state index is 12.8. The highest BCUT2D eigenvalue weighted by Gasteiger charge is 2.48. The first kappa shape index (κ1) is 17.1. The highest BCUT2D eigenvalue weighted by atomic mass is 16.6. The molecular formula is C17H30O3. The second kappa shape index (κ2) is 5.42. The largest absolute Gasteiger partial charge is 0.494 e.